The number of ether oxygens (including phenoxy) is 2. The van der Waals surface area contributed by atoms with Crippen LogP contribution < -0.4 is 14.4 Å². The third kappa shape index (κ3) is 3.38. The second-order valence-electron chi connectivity index (χ2n) is 7.04. The van der Waals surface area contributed by atoms with Crippen LogP contribution in [0.4, 0.5) is 5.82 Å². The zero-order valence-electron chi connectivity index (χ0n) is 17.1. The van der Waals surface area contributed by atoms with E-state index >= 15 is 0 Å². The minimum atomic E-state index is 0.691. The summed E-state index contributed by atoms with van der Waals surface area (Å²) in [6.45, 7) is 0. The van der Waals surface area contributed by atoms with E-state index in [1.165, 1.54) is 0 Å². The molecule has 1 heterocycles. The fourth-order valence-corrected chi connectivity index (χ4v) is 3.68. The average molecular weight is 384 g/mol. The maximum Gasteiger partial charge on any atom is 0.169 e. The summed E-state index contributed by atoms with van der Waals surface area (Å²) in [7, 11) is 7.37. The largest absolute Gasteiger partial charge is 0.493 e. The van der Waals surface area contributed by atoms with Gasteiger partial charge < -0.3 is 14.4 Å². The summed E-state index contributed by atoms with van der Waals surface area (Å²) < 4.78 is 11.5. The van der Waals surface area contributed by atoms with Gasteiger partial charge in [-0.1, -0.05) is 60.7 Å². The lowest BCUT2D eigenvalue weighted by atomic mass is 9.95. The van der Waals surface area contributed by atoms with E-state index in [0.717, 1.165) is 44.7 Å². The van der Waals surface area contributed by atoms with E-state index in [0.29, 0.717) is 5.75 Å². The van der Waals surface area contributed by atoms with E-state index in [9.17, 15) is 0 Å². The van der Waals surface area contributed by atoms with Gasteiger partial charge in [0.1, 0.15) is 5.82 Å². The van der Waals surface area contributed by atoms with Crippen LogP contribution in [0.15, 0.2) is 72.8 Å². The van der Waals surface area contributed by atoms with Gasteiger partial charge in [-0.2, -0.15) is 0 Å². The lowest BCUT2D eigenvalue weighted by Gasteiger charge is -2.21. The Labute approximate surface area is 171 Å². The molecule has 0 aliphatic rings. The molecule has 1 aromatic heterocycles. The maximum absolute atomic E-state index is 5.82. The van der Waals surface area contributed by atoms with Gasteiger partial charge in [0, 0.05) is 30.6 Å². The van der Waals surface area contributed by atoms with E-state index in [-0.39, 0.29) is 0 Å². The van der Waals surface area contributed by atoms with Crippen molar-refractivity contribution >= 4 is 16.6 Å². The van der Waals surface area contributed by atoms with Crippen molar-refractivity contribution in [3.63, 3.8) is 0 Å². The van der Waals surface area contributed by atoms with Gasteiger partial charge >= 0.3 is 0 Å². The molecule has 0 aliphatic heterocycles. The van der Waals surface area contributed by atoms with Crippen molar-refractivity contribution in [2.24, 2.45) is 0 Å². The summed E-state index contributed by atoms with van der Waals surface area (Å²) in [5.41, 5.74) is 4.07. The topological polar surface area (TPSA) is 34.6 Å². The highest BCUT2D eigenvalue weighted by Gasteiger charge is 2.21. The number of nitrogens with zero attached hydrogens (tertiary/aromatic N) is 2. The van der Waals surface area contributed by atoms with Gasteiger partial charge in [-0.15, -0.1) is 0 Å². The fraction of sp³-hybridized carbons (Fsp3) is 0.160. The quantitative estimate of drug-likeness (QED) is 0.445. The van der Waals surface area contributed by atoms with Crippen molar-refractivity contribution in [2.75, 3.05) is 33.2 Å². The van der Waals surface area contributed by atoms with Gasteiger partial charge in [0.05, 0.1) is 19.9 Å². The fourth-order valence-electron chi connectivity index (χ4n) is 3.68. The number of rotatable bonds is 5. The molecule has 3 aromatic carbocycles. The molecule has 4 aromatic rings. The number of benzene rings is 3. The second-order valence-corrected chi connectivity index (χ2v) is 7.04. The van der Waals surface area contributed by atoms with Crippen LogP contribution in [0.5, 0.6) is 11.5 Å². The number of methoxy groups -OCH3 is 2. The zero-order valence-corrected chi connectivity index (χ0v) is 17.1. The molecule has 4 nitrogen and oxygen atoms in total. The first-order chi connectivity index (χ1) is 14.1. The molecule has 146 valence electrons. The van der Waals surface area contributed by atoms with Gasteiger partial charge in [0.15, 0.2) is 11.5 Å². The third-order valence-electron chi connectivity index (χ3n) is 5.01. The van der Waals surface area contributed by atoms with Gasteiger partial charge in [0.25, 0.3) is 0 Å². The highest BCUT2D eigenvalue weighted by atomic mass is 16.5. The van der Waals surface area contributed by atoms with Crippen molar-refractivity contribution in [1.29, 1.82) is 0 Å². The van der Waals surface area contributed by atoms with E-state index in [1.54, 1.807) is 14.2 Å². The van der Waals surface area contributed by atoms with Crippen LogP contribution >= 0.6 is 0 Å². The Bertz CT molecular complexity index is 1140. The van der Waals surface area contributed by atoms with Crippen LogP contribution in [0.1, 0.15) is 0 Å². The molecule has 0 aliphatic carbocycles. The van der Waals surface area contributed by atoms with Crippen molar-refractivity contribution in [1.82, 2.24) is 4.98 Å². The molecule has 4 heteroatoms. The molecular weight excluding hydrogens is 360 g/mol. The number of pyridine rings is 1. The molecule has 0 unspecified atom stereocenters. The van der Waals surface area contributed by atoms with Gasteiger partial charge in [-0.25, -0.2) is 4.98 Å². The molecule has 29 heavy (non-hydrogen) atoms. The van der Waals surface area contributed by atoms with Gasteiger partial charge in [-0.3, -0.25) is 0 Å². The summed E-state index contributed by atoms with van der Waals surface area (Å²) in [6.07, 6.45) is 0. The molecule has 0 bridgehead atoms. The Morgan fingerprint density at radius 1 is 0.724 bits per heavy atom. The lowest BCUT2D eigenvalue weighted by molar-refractivity contribution is 0.357. The number of aromatic nitrogens is 1. The molecule has 4 rings (SSSR count). The van der Waals surface area contributed by atoms with Gasteiger partial charge in [0.2, 0.25) is 0 Å². The molecule has 0 radical (unpaired) electrons. The number of fused-ring (bicyclic) bond motifs is 1. The average Bonchev–Trinajstić information content (AvgIpc) is 2.77. The second kappa shape index (κ2) is 7.84. The highest BCUT2D eigenvalue weighted by molar-refractivity contribution is 6.07. The van der Waals surface area contributed by atoms with Crippen molar-refractivity contribution in [3.05, 3.63) is 72.8 Å². The molecule has 0 saturated heterocycles. The van der Waals surface area contributed by atoms with Crippen LogP contribution in [-0.4, -0.2) is 33.3 Å². The van der Waals surface area contributed by atoms with E-state index in [2.05, 4.69) is 30.3 Å². The predicted molar refractivity (Wildman–Crippen MR) is 120 cm³/mol. The van der Waals surface area contributed by atoms with Crippen molar-refractivity contribution in [3.8, 4) is 33.9 Å². The molecule has 0 spiro atoms. The Kier molecular flexibility index (Phi) is 5.09. The third-order valence-corrected chi connectivity index (χ3v) is 5.01. The number of hydrogen-bond donors (Lipinski definition) is 0. The van der Waals surface area contributed by atoms with Crippen molar-refractivity contribution < 1.29 is 9.47 Å². The Morgan fingerprint density at radius 2 is 1.34 bits per heavy atom. The molecule has 0 amide bonds. The first-order valence-corrected chi connectivity index (χ1v) is 9.52. The first kappa shape index (κ1) is 18.8. The summed E-state index contributed by atoms with van der Waals surface area (Å²) in [5.74, 6) is 2.30. The monoisotopic (exact) mass is 384 g/mol. The van der Waals surface area contributed by atoms with Crippen molar-refractivity contribution in [2.45, 2.75) is 0 Å². The minimum absolute atomic E-state index is 0.691. The normalized spacial score (nSPS) is 10.8. The standard InChI is InChI=1S/C25H24N2O2/c1-27(2)25-20-16-22(28-3)24(29-4)23(18-13-9-6-10-14-18)19(20)15-21(26-25)17-11-7-5-8-12-17/h5-16H,1-4H3. The lowest BCUT2D eigenvalue weighted by Crippen LogP contribution is -2.12. The Balaban J connectivity index is 2.16. The van der Waals surface area contributed by atoms with Gasteiger partial charge in [-0.05, 0) is 23.1 Å². The van der Waals surface area contributed by atoms with Crippen LogP contribution in [0.3, 0.4) is 0 Å². The predicted octanol–water partition coefficient (Wildman–Crippen LogP) is 5.65. The summed E-state index contributed by atoms with van der Waals surface area (Å²) in [6, 6.07) is 24.7. The van der Waals surface area contributed by atoms with Crippen LogP contribution in [0.25, 0.3) is 33.2 Å². The van der Waals surface area contributed by atoms with Crippen LogP contribution in [0.2, 0.25) is 0 Å². The molecular formula is C25H24N2O2. The Morgan fingerprint density at radius 3 is 1.90 bits per heavy atom. The number of anilines is 1. The highest BCUT2D eigenvalue weighted by Crippen LogP contribution is 2.46. The minimum Gasteiger partial charge on any atom is -0.493 e. The molecule has 0 fully saturated rings. The number of hydrogen-bond acceptors (Lipinski definition) is 4. The van der Waals surface area contributed by atoms with Crippen LogP contribution in [-0.2, 0) is 0 Å². The molecule has 0 saturated carbocycles. The zero-order chi connectivity index (χ0) is 20.4. The van der Waals surface area contributed by atoms with E-state index in [1.807, 2.05) is 61.5 Å². The SMILES string of the molecule is COc1cc2c(N(C)C)nc(-c3ccccc3)cc2c(-c2ccccc2)c1OC. The molecule has 0 atom stereocenters. The molecule has 0 N–H and O–H groups in total. The summed E-state index contributed by atoms with van der Waals surface area (Å²) >= 11 is 0. The maximum atomic E-state index is 5.82. The first-order valence-electron chi connectivity index (χ1n) is 9.52. The Hall–Kier alpha value is -3.53. The summed E-state index contributed by atoms with van der Waals surface area (Å²) in [4.78, 5) is 7.00. The van der Waals surface area contributed by atoms with E-state index in [4.69, 9.17) is 14.5 Å². The van der Waals surface area contributed by atoms with E-state index < -0.39 is 0 Å². The summed E-state index contributed by atoms with van der Waals surface area (Å²) in [5, 5.41) is 2.09. The smallest absolute Gasteiger partial charge is 0.169 e. The van der Waals surface area contributed by atoms with Crippen LogP contribution in [0, 0.1) is 0 Å².